The molecule has 0 spiro atoms. The van der Waals surface area contributed by atoms with Gasteiger partial charge in [-0.25, -0.2) is 15.1 Å². The Labute approximate surface area is 133 Å². The normalized spacial score (nSPS) is 17.8. The van der Waals surface area contributed by atoms with Crippen LogP contribution in [0, 0.1) is 10.1 Å². The average molecular weight is 325 g/mol. The maximum Gasteiger partial charge on any atom is 0.276 e. The minimum absolute atomic E-state index is 0.320. The molecule has 0 aromatic carbocycles. The first-order chi connectivity index (χ1) is 10.5. The fraction of sp³-hybridized carbons (Fsp3) is 0.385. The zero-order valence-electron chi connectivity index (χ0n) is 12.2. The Kier molecular flexibility index (Phi) is 5.29. The van der Waals surface area contributed by atoms with Crippen molar-refractivity contribution in [3.05, 3.63) is 51.8 Å². The maximum atomic E-state index is 10.8. The van der Waals surface area contributed by atoms with E-state index >= 15 is 0 Å². The molecule has 1 aliphatic rings. The molecule has 0 bridgehead atoms. The number of nitro groups is 1. The van der Waals surface area contributed by atoms with Crippen molar-refractivity contribution in [2.45, 2.75) is 6.54 Å². The molecule has 1 aromatic heterocycles. The molecule has 0 N–H and O–H groups in total. The van der Waals surface area contributed by atoms with Crippen LogP contribution >= 0.6 is 11.6 Å². The number of pyridine rings is 1. The van der Waals surface area contributed by atoms with E-state index < -0.39 is 5.03 Å². The third-order valence-electron chi connectivity index (χ3n) is 3.13. The van der Waals surface area contributed by atoms with E-state index in [0.29, 0.717) is 37.5 Å². The van der Waals surface area contributed by atoms with Gasteiger partial charge in [0.25, 0.3) is 5.96 Å². The first-order valence-corrected chi connectivity index (χ1v) is 7.00. The number of aromatic nitrogens is 1. The highest BCUT2D eigenvalue weighted by Gasteiger charge is 2.28. The minimum Gasteiger partial charge on any atom is -0.328 e. The molecule has 8 nitrogen and oxygen atoms in total. The Morgan fingerprint density at radius 2 is 2.32 bits per heavy atom. The minimum atomic E-state index is -0.678. The molecule has 2 rings (SSSR count). The van der Waals surface area contributed by atoms with E-state index in [4.69, 9.17) is 11.6 Å². The molecular formula is C13H17ClN6O2. The van der Waals surface area contributed by atoms with Gasteiger partial charge in [-0.05, 0) is 11.6 Å². The Hall–Kier alpha value is -2.19. The average Bonchev–Trinajstić information content (AvgIpc) is 2.45. The second-order valence-corrected chi connectivity index (χ2v) is 5.34. The molecule has 9 heteroatoms. The van der Waals surface area contributed by atoms with Gasteiger partial charge in [-0.15, -0.1) is 6.58 Å². The molecule has 1 aliphatic heterocycles. The number of rotatable bonds is 5. The van der Waals surface area contributed by atoms with Gasteiger partial charge < -0.3 is 9.80 Å². The smallest absolute Gasteiger partial charge is 0.276 e. The fourth-order valence-electron chi connectivity index (χ4n) is 2.31. The van der Waals surface area contributed by atoms with E-state index in [9.17, 15) is 10.1 Å². The van der Waals surface area contributed by atoms with Crippen molar-refractivity contribution in [3.8, 4) is 0 Å². The van der Waals surface area contributed by atoms with Gasteiger partial charge >= 0.3 is 0 Å². The van der Waals surface area contributed by atoms with Gasteiger partial charge in [0.1, 0.15) is 10.3 Å². The van der Waals surface area contributed by atoms with Crippen LogP contribution in [0.5, 0.6) is 0 Å². The van der Waals surface area contributed by atoms with Gasteiger partial charge in [-0.2, -0.15) is 0 Å². The van der Waals surface area contributed by atoms with Gasteiger partial charge in [-0.1, -0.05) is 23.7 Å². The first kappa shape index (κ1) is 16.2. The summed E-state index contributed by atoms with van der Waals surface area (Å²) in [6.45, 7) is 5.93. The summed E-state index contributed by atoms with van der Waals surface area (Å²) in [5, 5.41) is 14.0. The Morgan fingerprint density at radius 3 is 2.91 bits per heavy atom. The largest absolute Gasteiger partial charge is 0.328 e. The predicted molar refractivity (Wildman–Crippen MR) is 83.6 cm³/mol. The Morgan fingerprint density at radius 1 is 1.55 bits per heavy atom. The van der Waals surface area contributed by atoms with Crippen LogP contribution < -0.4 is 0 Å². The summed E-state index contributed by atoms with van der Waals surface area (Å²) in [6.07, 6.45) is 3.45. The molecule has 1 saturated heterocycles. The molecule has 118 valence electrons. The van der Waals surface area contributed by atoms with E-state index in [1.54, 1.807) is 30.3 Å². The van der Waals surface area contributed by atoms with Crippen LogP contribution in [0.3, 0.4) is 0 Å². The SMILES string of the molecule is C=CCN1CN(C)/C(=N/[N+](=O)[O-])N(Cc2ccc(Cl)nc2)C1. The van der Waals surface area contributed by atoms with Crippen molar-refractivity contribution in [1.82, 2.24) is 19.7 Å². The molecule has 0 aliphatic carbocycles. The molecular weight excluding hydrogens is 308 g/mol. The monoisotopic (exact) mass is 324 g/mol. The zero-order chi connectivity index (χ0) is 16.1. The lowest BCUT2D eigenvalue weighted by Crippen LogP contribution is -2.57. The zero-order valence-corrected chi connectivity index (χ0v) is 13.0. The van der Waals surface area contributed by atoms with Crippen LogP contribution in [0.2, 0.25) is 5.15 Å². The summed E-state index contributed by atoms with van der Waals surface area (Å²) in [6, 6.07) is 3.53. The van der Waals surface area contributed by atoms with E-state index in [2.05, 4.69) is 21.6 Å². The van der Waals surface area contributed by atoms with Gasteiger partial charge in [0, 0.05) is 26.3 Å². The van der Waals surface area contributed by atoms with Gasteiger partial charge in [0.2, 0.25) is 0 Å². The maximum absolute atomic E-state index is 10.8. The van der Waals surface area contributed by atoms with Crippen LogP contribution in [-0.2, 0) is 6.54 Å². The van der Waals surface area contributed by atoms with Crippen LogP contribution in [0.25, 0.3) is 0 Å². The lowest BCUT2D eigenvalue weighted by molar-refractivity contribution is -0.486. The number of nitrogens with zero attached hydrogens (tertiary/aromatic N) is 6. The van der Waals surface area contributed by atoms with Crippen molar-refractivity contribution in [2.75, 3.05) is 26.9 Å². The van der Waals surface area contributed by atoms with E-state index in [1.165, 1.54) is 0 Å². The Balaban J connectivity index is 2.22. The molecule has 22 heavy (non-hydrogen) atoms. The summed E-state index contributed by atoms with van der Waals surface area (Å²) in [7, 11) is 1.77. The number of hydrogen-bond acceptors (Lipinski definition) is 4. The number of hydrogen-bond donors (Lipinski definition) is 0. The van der Waals surface area contributed by atoms with Crippen molar-refractivity contribution in [3.63, 3.8) is 0 Å². The van der Waals surface area contributed by atoms with Gasteiger partial charge in [0.05, 0.1) is 13.3 Å². The topological polar surface area (TPSA) is 78.1 Å². The second kappa shape index (κ2) is 7.19. The molecule has 0 saturated carbocycles. The summed E-state index contributed by atoms with van der Waals surface area (Å²) in [5.41, 5.74) is 0.898. The molecule has 1 fully saturated rings. The molecule has 2 heterocycles. The van der Waals surface area contributed by atoms with Crippen molar-refractivity contribution < 1.29 is 5.03 Å². The van der Waals surface area contributed by atoms with Gasteiger partial charge in [0.15, 0.2) is 5.03 Å². The number of hydrazone groups is 1. The summed E-state index contributed by atoms with van der Waals surface area (Å²) >= 11 is 5.77. The highest BCUT2D eigenvalue weighted by atomic mass is 35.5. The van der Waals surface area contributed by atoms with Crippen molar-refractivity contribution in [1.29, 1.82) is 0 Å². The number of halogens is 1. The van der Waals surface area contributed by atoms with E-state index in [0.717, 1.165) is 5.56 Å². The van der Waals surface area contributed by atoms with Crippen molar-refractivity contribution in [2.24, 2.45) is 5.10 Å². The van der Waals surface area contributed by atoms with E-state index in [1.807, 2.05) is 11.0 Å². The fourth-order valence-corrected chi connectivity index (χ4v) is 2.42. The van der Waals surface area contributed by atoms with Crippen LogP contribution in [0.1, 0.15) is 5.56 Å². The predicted octanol–water partition coefficient (Wildman–Crippen LogP) is 1.43. The second-order valence-electron chi connectivity index (χ2n) is 4.95. The van der Waals surface area contributed by atoms with Gasteiger partial charge in [-0.3, -0.25) is 4.90 Å². The highest BCUT2D eigenvalue weighted by Crippen LogP contribution is 2.14. The molecule has 0 radical (unpaired) electrons. The van der Waals surface area contributed by atoms with E-state index in [-0.39, 0.29) is 0 Å². The lowest BCUT2D eigenvalue weighted by atomic mass is 10.2. The summed E-state index contributed by atoms with van der Waals surface area (Å²) in [4.78, 5) is 20.4. The quantitative estimate of drug-likeness (QED) is 0.353. The molecule has 0 unspecified atom stereocenters. The summed E-state index contributed by atoms with van der Waals surface area (Å²) in [5.74, 6) is 0.320. The number of guanidine groups is 1. The first-order valence-electron chi connectivity index (χ1n) is 6.62. The highest BCUT2D eigenvalue weighted by molar-refractivity contribution is 6.29. The molecule has 0 amide bonds. The lowest BCUT2D eigenvalue weighted by Gasteiger charge is -2.41. The molecule has 0 atom stereocenters. The standard InChI is InChI=1S/C13H17ClN6O2/c1-3-6-18-9-17(2)13(16-20(21)22)19(10-18)8-11-4-5-12(14)15-7-11/h3-5,7H,1,6,8-10H2,2H3/b16-13-. The third kappa shape index (κ3) is 4.15. The molecule has 1 aromatic rings. The third-order valence-corrected chi connectivity index (χ3v) is 3.35. The van der Waals surface area contributed by atoms with Crippen LogP contribution in [0.15, 0.2) is 36.1 Å². The van der Waals surface area contributed by atoms with Crippen LogP contribution in [0.4, 0.5) is 0 Å². The Bertz CT molecular complexity index is 576. The summed E-state index contributed by atoms with van der Waals surface area (Å²) < 4.78 is 0. The van der Waals surface area contributed by atoms with Crippen LogP contribution in [-0.4, -0.2) is 57.6 Å². The van der Waals surface area contributed by atoms with Crippen molar-refractivity contribution >= 4 is 17.6 Å².